The number of nitrogens with zero attached hydrogens (tertiary/aromatic N) is 1. The summed E-state index contributed by atoms with van der Waals surface area (Å²) in [5, 5.41) is 3.30. The molecule has 1 heterocycles. The summed E-state index contributed by atoms with van der Waals surface area (Å²) in [6.07, 6.45) is 3.15. The van der Waals surface area contributed by atoms with Gasteiger partial charge in [-0.15, -0.1) is 0 Å². The Morgan fingerprint density at radius 2 is 1.85 bits per heavy atom. The summed E-state index contributed by atoms with van der Waals surface area (Å²) in [4.78, 5) is 12.6. The molecule has 20 heavy (non-hydrogen) atoms. The highest BCUT2D eigenvalue weighted by molar-refractivity contribution is 5.65. The number of benzene rings is 1. The van der Waals surface area contributed by atoms with Crippen LogP contribution < -0.4 is 5.56 Å². The molecule has 0 amide bonds. The van der Waals surface area contributed by atoms with E-state index < -0.39 is 0 Å². The van der Waals surface area contributed by atoms with Crippen LogP contribution in [0, 0.1) is 6.92 Å². The first-order valence-electron chi connectivity index (χ1n) is 7.45. The van der Waals surface area contributed by atoms with E-state index in [1.807, 2.05) is 26.0 Å². The molecule has 2 rings (SSSR count). The summed E-state index contributed by atoms with van der Waals surface area (Å²) in [6.45, 7) is 8.29. The average molecular weight is 272 g/mol. The zero-order valence-corrected chi connectivity index (χ0v) is 12.9. The van der Waals surface area contributed by atoms with Gasteiger partial charge in [-0.3, -0.25) is 9.89 Å². The SMILES string of the molecule is CCCCc1[nH]n(C(C)C)c(=O)c1-c1ccc(C)cc1. The molecule has 1 aromatic heterocycles. The summed E-state index contributed by atoms with van der Waals surface area (Å²) in [5.74, 6) is 0. The Morgan fingerprint density at radius 1 is 1.20 bits per heavy atom. The maximum absolute atomic E-state index is 12.6. The second kappa shape index (κ2) is 6.12. The fraction of sp³-hybridized carbons (Fsp3) is 0.471. The van der Waals surface area contributed by atoms with Crippen molar-refractivity contribution in [2.45, 2.75) is 53.0 Å². The predicted octanol–water partition coefficient (Wildman–Crippen LogP) is 4.08. The van der Waals surface area contributed by atoms with Crippen LogP contribution in [0.2, 0.25) is 0 Å². The molecule has 1 N–H and O–H groups in total. The molecule has 108 valence electrons. The molecule has 0 atom stereocenters. The van der Waals surface area contributed by atoms with Gasteiger partial charge in [-0.1, -0.05) is 43.2 Å². The van der Waals surface area contributed by atoms with Crippen molar-refractivity contribution in [2.24, 2.45) is 0 Å². The summed E-state index contributed by atoms with van der Waals surface area (Å²) >= 11 is 0. The van der Waals surface area contributed by atoms with Gasteiger partial charge in [0.25, 0.3) is 5.56 Å². The van der Waals surface area contributed by atoms with E-state index in [-0.39, 0.29) is 11.6 Å². The number of H-pyrrole nitrogens is 1. The molecular weight excluding hydrogens is 248 g/mol. The summed E-state index contributed by atoms with van der Waals surface area (Å²) in [6, 6.07) is 8.36. The summed E-state index contributed by atoms with van der Waals surface area (Å²) in [7, 11) is 0. The van der Waals surface area contributed by atoms with Crippen molar-refractivity contribution in [3.63, 3.8) is 0 Å². The van der Waals surface area contributed by atoms with Crippen LogP contribution >= 0.6 is 0 Å². The van der Waals surface area contributed by atoms with Crippen molar-refractivity contribution in [2.75, 3.05) is 0 Å². The first-order valence-corrected chi connectivity index (χ1v) is 7.45. The van der Waals surface area contributed by atoms with Gasteiger partial charge in [0.2, 0.25) is 0 Å². The average Bonchev–Trinajstić information content (AvgIpc) is 2.75. The van der Waals surface area contributed by atoms with Crippen molar-refractivity contribution in [3.05, 3.63) is 45.9 Å². The van der Waals surface area contributed by atoms with Gasteiger partial charge in [-0.05, 0) is 39.2 Å². The number of aryl methyl sites for hydroxylation is 2. The van der Waals surface area contributed by atoms with Crippen molar-refractivity contribution in [1.29, 1.82) is 0 Å². The monoisotopic (exact) mass is 272 g/mol. The Kier molecular flexibility index (Phi) is 4.48. The molecule has 0 fully saturated rings. The molecule has 0 aliphatic rings. The second-order valence-electron chi connectivity index (χ2n) is 5.70. The molecule has 0 saturated heterocycles. The molecule has 0 radical (unpaired) electrons. The second-order valence-corrected chi connectivity index (χ2v) is 5.70. The summed E-state index contributed by atoms with van der Waals surface area (Å²) in [5.41, 5.74) is 4.22. The predicted molar refractivity (Wildman–Crippen MR) is 84.2 cm³/mol. The van der Waals surface area contributed by atoms with Gasteiger partial charge < -0.3 is 0 Å². The standard InChI is InChI=1S/C17H24N2O/c1-5-6-7-15-16(14-10-8-13(4)9-11-14)17(20)19(18-15)12(2)3/h8-12,18H,5-7H2,1-4H3. The Bertz CT molecular complexity index is 617. The van der Waals surface area contributed by atoms with Gasteiger partial charge in [0.1, 0.15) is 0 Å². The number of aromatic amines is 1. The lowest BCUT2D eigenvalue weighted by Crippen LogP contribution is -2.19. The number of hydrogen-bond acceptors (Lipinski definition) is 1. The topological polar surface area (TPSA) is 37.8 Å². The van der Waals surface area contributed by atoms with E-state index in [0.717, 1.165) is 36.1 Å². The van der Waals surface area contributed by atoms with Crippen LogP contribution in [0.1, 0.15) is 50.9 Å². The Balaban J connectivity index is 2.53. The molecule has 0 bridgehead atoms. The number of unbranched alkanes of at least 4 members (excludes halogenated alkanes) is 1. The van der Waals surface area contributed by atoms with E-state index in [0.29, 0.717) is 0 Å². The Labute approximate surface area is 120 Å². The fourth-order valence-corrected chi connectivity index (χ4v) is 2.42. The third kappa shape index (κ3) is 2.87. The van der Waals surface area contributed by atoms with Gasteiger partial charge in [0.15, 0.2) is 0 Å². The zero-order chi connectivity index (χ0) is 14.7. The first-order chi connectivity index (χ1) is 9.54. The van der Waals surface area contributed by atoms with E-state index in [4.69, 9.17) is 0 Å². The molecule has 0 saturated carbocycles. The molecule has 3 nitrogen and oxygen atoms in total. The summed E-state index contributed by atoms with van der Waals surface area (Å²) < 4.78 is 1.74. The van der Waals surface area contributed by atoms with Gasteiger partial charge in [-0.2, -0.15) is 0 Å². The third-order valence-electron chi connectivity index (χ3n) is 3.63. The van der Waals surface area contributed by atoms with Crippen molar-refractivity contribution >= 4 is 0 Å². The van der Waals surface area contributed by atoms with Gasteiger partial charge in [-0.25, -0.2) is 4.68 Å². The smallest absolute Gasteiger partial charge is 0.274 e. The largest absolute Gasteiger partial charge is 0.299 e. The van der Waals surface area contributed by atoms with E-state index in [1.165, 1.54) is 5.56 Å². The van der Waals surface area contributed by atoms with E-state index in [9.17, 15) is 4.79 Å². The minimum Gasteiger partial charge on any atom is -0.299 e. The van der Waals surface area contributed by atoms with Crippen LogP contribution in [0.25, 0.3) is 11.1 Å². The number of hydrogen-bond donors (Lipinski definition) is 1. The quantitative estimate of drug-likeness (QED) is 0.875. The lowest BCUT2D eigenvalue weighted by molar-refractivity contribution is 0.510. The minimum atomic E-state index is 0.0926. The fourth-order valence-electron chi connectivity index (χ4n) is 2.42. The Morgan fingerprint density at radius 3 is 2.40 bits per heavy atom. The molecule has 0 unspecified atom stereocenters. The molecule has 3 heteroatoms. The van der Waals surface area contributed by atoms with E-state index in [1.54, 1.807) is 4.68 Å². The number of rotatable bonds is 5. The van der Waals surface area contributed by atoms with Crippen LogP contribution in [0.3, 0.4) is 0 Å². The van der Waals surface area contributed by atoms with E-state index >= 15 is 0 Å². The van der Waals surface area contributed by atoms with Crippen LogP contribution in [0.4, 0.5) is 0 Å². The van der Waals surface area contributed by atoms with E-state index in [2.05, 4.69) is 31.1 Å². The van der Waals surface area contributed by atoms with Gasteiger partial charge in [0.05, 0.1) is 5.56 Å². The third-order valence-corrected chi connectivity index (χ3v) is 3.63. The molecule has 1 aromatic carbocycles. The van der Waals surface area contributed by atoms with Crippen molar-refractivity contribution in [1.82, 2.24) is 9.78 Å². The van der Waals surface area contributed by atoms with Gasteiger partial charge >= 0.3 is 0 Å². The normalized spacial score (nSPS) is 11.2. The van der Waals surface area contributed by atoms with Crippen LogP contribution in [0.15, 0.2) is 29.1 Å². The van der Waals surface area contributed by atoms with Crippen LogP contribution in [-0.4, -0.2) is 9.78 Å². The lowest BCUT2D eigenvalue weighted by atomic mass is 10.0. The molecule has 0 aliphatic heterocycles. The van der Waals surface area contributed by atoms with Crippen LogP contribution in [0.5, 0.6) is 0 Å². The maximum atomic E-state index is 12.6. The zero-order valence-electron chi connectivity index (χ0n) is 12.9. The highest BCUT2D eigenvalue weighted by Gasteiger charge is 2.16. The van der Waals surface area contributed by atoms with Crippen molar-refractivity contribution < 1.29 is 0 Å². The van der Waals surface area contributed by atoms with Crippen molar-refractivity contribution in [3.8, 4) is 11.1 Å². The molecule has 0 spiro atoms. The molecule has 0 aliphatic carbocycles. The number of aromatic nitrogens is 2. The lowest BCUT2D eigenvalue weighted by Gasteiger charge is -2.04. The highest BCUT2D eigenvalue weighted by atomic mass is 16.1. The minimum absolute atomic E-state index is 0.0926. The maximum Gasteiger partial charge on any atom is 0.274 e. The highest BCUT2D eigenvalue weighted by Crippen LogP contribution is 2.22. The van der Waals surface area contributed by atoms with Gasteiger partial charge in [0, 0.05) is 11.7 Å². The first kappa shape index (κ1) is 14.6. The Hall–Kier alpha value is -1.77. The number of nitrogens with one attached hydrogen (secondary N) is 1. The van der Waals surface area contributed by atoms with Crippen LogP contribution in [-0.2, 0) is 6.42 Å². The molecular formula is C17H24N2O. The molecule has 2 aromatic rings.